The normalized spacial score (nSPS) is 19.3. The minimum absolute atomic E-state index is 0.487. The molecule has 3 rings (SSSR count). The van der Waals surface area contributed by atoms with E-state index in [4.69, 9.17) is 9.37 Å². The maximum atomic E-state index is 12.0. The van der Waals surface area contributed by atoms with Gasteiger partial charge in [-0.3, -0.25) is 9.53 Å². The summed E-state index contributed by atoms with van der Waals surface area (Å²) in [6.45, 7) is 3.90. The van der Waals surface area contributed by atoms with E-state index in [2.05, 4.69) is 17.0 Å². The molecule has 0 spiro atoms. The SMILES string of the molecule is COc1ccc(-c2c(CN3CCCCC3C)no[n+]2[O-])cc1. The average molecular weight is 303 g/mol. The summed E-state index contributed by atoms with van der Waals surface area (Å²) in [7, 11) is 1.62. The number of rotatable bonds is 4. The molecule has 6 nitrogen and oxygen atoms in total. The van der Waals surface area contributed by atoms with E-state index in [0.717, 1.165) is 17.9 Å². The summed E-state index contributed by atoms with van der Waals surface area (Å²) >= 11 is 0. The monoisotopic (exact) mass is 303 g/mol. The maximum Gasteiger partial charge on any atom is 0.240 e. The van der Waals surface area contributed by atoms with Gasteiger partial charge in [-0.2, -0.15) is 0 Å². The van der Waals surface area contributed by atoms with Gasteiger partial charge in [-0.15, -0.1) is 0 Å². The summed E-state index contributed by atoms with van der Waals surface area (Å²) in [5.74, 6) is 0.754. The molecule has 1 aliphatic rings. The second-order valence-electron chi connectivity index (χ2n) is 5.77. The van der Waals surface area contributed by atoms with Gasteiger partial charge in [0, 0.05) is 16.8 Å². The molecular weight excluding hydrogens is 282 g/mol. The van der Waals surface area contributed by atoms with Crippen LogP contribution in [0.15, 0.2) is 28.9 Å². The van der Waals surface area contributed by atoms with Crippen LogP contribution in [0.3, 0.4) is 0 Å². The highest BCUT2D eigenvalue weighted by atomic mass is 16.8. The second kappa shape index (κ2) is 6.36. The third-order valence-corrected chi connectivity index (χ3v) is 4.34. The van der Waals surface area contributed by atoms with Crippen molar-refractivity contribution in [2.45, 2.75) is 38.8 Å². The Bertz CT molecular complexity index is 624. The van der Waals surface area contributed by atoms with E-state index < -0.39 is 0 Å². The molecule has 2 heterocycles. The van der Waals surface area contributed by atoms with E-state index in [1.165, 1.54) is 19.3 Å². The molecule has 1 saturated heterocycles. The maximum absolute atomic E-state index is 12.0. The van der Waals surface area contributed by atoms with Crippen molar-refractivity contribution in [2.24, 2.45) is 0 Å². The van der Waals surface area contributed by atoms with E-state index in [1.54, 1.807) is 7.11 Å². The summed E-state index contributed by atoms with van der Waals surface area (Å²) in [6, 6.07) is 7.87. The van der Waals surface area contributed by atoms with E-state index in [1.807, 2.05) is 24.3 Å². The Balaban J connectivity index is 1.86. The Hall–Kier alpha value is -2.08. The van der Waals surface area contributed by atoms with Crippen molar-refractivity contribution in [3.8, 4) is 17.0 Å². The van der Waals surface area contributed by atoms with E-state index in [-0.39, 0.29) is 0 Å². The molecule has 1 aliphatic heterocycles. The van der Waals surface area contributed by atoms with Gasteiger partial charge in [0.15, 0.2) is 0 Å². The van der Waals surface area contributed by atoms with Gasteiger partial charge >= 0.3 is 0 Å². The van der Waals surface area contributed by atoms with Gasteiger partial charge in [-0.05, 0) is 55.5 Å². The predicted molar refractivity (Wildman–Crippen MR) is 81.2 cm³/mol. The number of hydrogen-bond donors (Lipinski definition) is 0. The van der Waals surface area contributed by atoms with E-state index in [9.17, 15) is 5.21 Å². The molecule has 0 aliphatic carbocycles. The number of aromatic nitrogens is 2. The lowest BCUT2D eigenvalue weighted by atomic mass is 10.0. The molecule has 118 valence electrons. The average Bonchev–Trinajstić information content (AvgIpc) is 2.90. The predicted octanol–water partition coefficient (Wildman–Crippen LogP) is 2.36. The fraction of sp³-hybridized carbons (Fsp3) is 0.500. The molecule has 1 atom stereocenters. The number of likely N-dealkylation sites (tertiary alicyclic amines) is 1. The van der Waals surface area contributed by atoms with Crippen LogP contribution in [0.4, 0.5) is 0 Å². The molecule has 1 aromatic carbocycles. The molecule has 1 fully saturated rings. The Morgan fingerprint density at radius 2 is 2.14 bits per heavy atom. The molecular formula is C16H21N3O3. The third-order valence-electron chi connectivity index (χ3n) is 4.34. The van der Waals surface area contributed by atoms with E-state index >= 15 is 0 Å². The molecule has 0 radical (unpaired) electrons. The Kier molecular flexibility index (Phi) is 4.29. The van der Waals surface area contributed by atoms with Crippen LogP contribution in [0.25, 0.3) is 11.3 Å². The van der Waals surface area contributed by atoms with Gasteiger partial charge < -0.3 is 9.94 Å². The number of ether oxygens (including phenoxy) is 1. The highest BCUT2D eigenvalue weighted by Crippen LogP contribution is 2.25. The molecule has 0 amide bonds. The Morgan fingerprint density at radius 3 is 2.82 bits per heavy atom. The van der Waals surface area contributed by atoms with Crippen LogP contribution >= 0.6 is 0 Å². The zero-order chi connectivity index (χ0) is 15.5. The molecule has 1 unspecified atom stereocenters. The Labute approximate surface area is 129 Å². The highest BCUT2D eigenvalue weighted by Gasteiger charge is 2.26. The summed E-state index contributed by atoms with van der Waals surface area (Å²) in [5, 5.41) is 15.9. The topological polar surface area (TPSA) is 65.4 Å². The van der Waals surface area contributed by atoms with Gasteiger partial charge in [0.25, 0.3) is 0 Å². The summed E-state index contributed by atoms with van der Waals surface area (Å²) in [6.07, 6.45) is 3.65. The van der Waals surface area contributed by atoms with Crippen LogP contribution in [0.5, 0.6) is 5.75 Å². The molecule has 0 bridgehead atoms. The summed E-state index contributed by atoms with van der Waals surface area (Å²) in [4.78, 5) is 2.85. The van der Waals surface area contributed by atoms with Gasteiger partial charge in [-0.25, -0.2) is 0 Å². The molecule has 2 aromatic rings. The number of methoxy groups -OCH3 is 1. The minimum Gasteiger partial charge on any atom is -0.497 e. The lowest BCUT2D eigenvalue weighted by Crippen LogP contribution is -2.37. The fourth-order valence-electron chi connectivity index (χ4n) is 2.99. The molecule has 1 aromatic heterocycles. The second-order valence-corrected chi connectivity index (χ2v) is 5.77. The number of piperidine rings is 1. The number of benzene rings is 1. The minimum atomic E-state index is 0.487. The standard InChI is InChI=1S/C16H21N3O3/c1-12-5-3-4-10-18(12)11-15-16(19(20)22-17-15)13-6-8-14(21-2)9-7-13/h6-9,12H,3-5,10-11H2,1-2H3. The molecule has 6 heteroatoms. The first-order valence-corrected chi connectivity index (χ1v) is 7.66. The smallest absolute Gasteiger partial charge is 0.240 e. The van der Waals surface area contributed by atoms with Crippen molar-refractivity contribution in [3.63, 3.8) is 0 Å². The van der Waals surface area contributed by atoms with Crippen LogP contribution in [0, 0.1) is 5.21 Å². The molecule has 0 saturated carbocycles. The fourth-order valence-corrected chi connectivity index (χ4v) is 2.99. The quantitative estimate of drug-likeness (QED) is 0.811. The van der Waals surface area contributed by atoms with Gasteiger partial charge in [0.1, 0.15) is 5.75 Å². The zero-order valence-electron chi connectivity index (χ0n) is 13.0. The third kappa shape index (κ3) is 2.92. The van der Waals surface area contributed by atoms with Crippen molar-refractivity contribution in [1.82, 2.24) is 10.1 Å². The van der Waals surface area contributed by atoms with Crippen molar-refractivity contribution in [1.29, 1.82) is 0 Å². The van der Waals surface area contributed by atoms with Crippen LogP contribution in [-0.2, 0) is 6.54 Å². The first kappa shape index (κ1) is 14.8. The van der Waals surface area contributed by atoms with Crippen molar-refractivity contribution in [2.75, 3.05) is 13.7 Å². The van der Waals surface area contributed by atoms with Crippen LogP contribution in [-0.4, -0.2) is 29.8 Å². The van der Waals surface area contributed by atoms with Gasteiger partial charge in [0.2, 0.25) is 11.4 Å². The first-order chi connectivity index (χ1) is 10.7. The Morgan fingerprint density at radius 1 is 1.36 bits per heavy atom. The van der Waals surface area contributed by atoms with Gasteiger partial charge in [0.05, 0.1) is 13.7 Å². The zero-order valence-corrected chi connectivity index (χ0v) is 13.0. The van der Waals surface area contributed by atoms with Crippen molar-refractivity contribution >= 4 is 0 Å². The van der Waals surface area contributed by atoms with Crippen molar-refractivity contribution < 1.29 is 14.3 Å². The lowest BCUT2D eigenvalue weighted by molar-refractivity contribution is -0.793. The molecule has 0 N–H and O–H groups in total. The molecule has 22 heavy (non-hydrogen) atoms. The number of hydrogen-bond acceptors (Lipinski definition) is 5. The summed E-state index contributed by atoms with van der Waals surface area (Å²) in [5.41, 5.74) is 1.96. The lowest BCUT2D eigenvalue weighted by Gasteiger charge is -2.31. The largest absolute Gasteiger partial charge is 0.497 e. The number of nitrogens with zero attached hydrogens (tertiary/aromatic N) is 3. The van der Waals surface area contributed by atoms with Crippen LogP contribution in [0.1, 0.15) is 31.9 Å². The van der Waals surface area contributed by atoms with Gasteiger partial charge in [-0.1, -0.05) is 6.42 Å². The van der Waals surface area contributed by atoms with E-state index in [0.29, 0.717) is 28.9 Å². The van der Waals surface area contributed by atoms with Crippen molar-refractivity contribution in [3.05, 3.63) is 35.2 Å². The highest BCUT2D eigenvalue weighted by molar-refractivity contribution is 5.59. The van der Waals surface area contributed by atoms with Crippen LogP contribution in [0.2, 0.25) is 0 Å². The first-order valence-electron chi connectivity index (χ1n) is 7.66. The summed E-state index contributed by atoms with van der Waals surface area (Å²) < 4.78 is 9.99. The van der Waals surface area contributed by atoms with Crippen LogP contribution < -0.4 is 9.64 Å².